The Hall–Kier alpha value is -1.90. The Morgan fingerprint density at radius 3 is 2.80 bits per heavy atom. The number of likely N-dealkylation sites (tertiary alicyclic amines) is 1. The Kier molecular flexibility index (Phi) is 4.05. The number of H-pyrrole nitrogens is 1. The maximum atomic E-state index is 12.5. The van der Waals surface area contributed by atoms with Crippen LogP contribution in [-0.2, 0) is 16.8 Å². The fraction of sp³-hybridized carbons (Fsp3) is 0.438. The van der Waals surface area contributed by atoms with Crippen LogP contribution in [0.2, 0.25) is 5.02 Å². The van der Waals surface area contributed by atoms with Gasteiger partial charge in [0.2, 0.25) is 0 Å². The van der Waals surface area contributed by atoms with E-state index < -0.39 is 11.6 Å². The molecule has 4 heterocycles. The fourth-order valence-corrected chi connectivity index (χ4v) is 4.83. The predicted molar refractivity (Wildman–Crippen MR) is 91.3 cm³/mol. The van der Waals surface area contributed by atoms with Crippen molar-refractivity contribution in [1.82, 2.24) is 15.1 Å². The SMILES string of the molecule is O=C(O)c1cc2c(s1)CCOC21CCN(C(=O)c2[nH]ncc2Cl)CC1. The van der Waals surface area contributed by atoms with Crippen LogP contribution in [0.5, 0.6) is 0 Å². The van der Waals surface area contributed by atoms with Crippen molar-refractivity contribution in [3.63, 3.8) is 0 Å². The number of carbonyl (C=O) groups excluding carboxylic acids is 1. The molecule has 2 N–H and O–H groups in total. The van der Waals surface area contributed by atoms with Gasteiger partial charge in [0, 0.05) is 24.4 Å². The van der Waals surface area contributed by atoms with E-state index in [1.165, 1.54) is 17.5 Å². The summed E-state index contributed by atoms with van der Waals surface area (Å²) in [5, 5.41) is 16.0. The van der Waals surface area contributed by atoms with Crippen LogP contribution >= 0.6 is 22.9 Å². The van der Waals surface area contributed by atoms with Crippen LogP contribution in [0.15, 0.2) is 12.3 Å². The molecule has 25 heavy (non-hydrogen) atoms. The molecule has 0 unspecified atom stereocenters. The van der Waals surface area contributed by atoms with E-state index in [1.54, 1.807) is 11.0 Å². The van der Waals surface area contributed by atoms with Gasteiger partial charge in [0.1, 0.15) is 10.6 Å². The zero-order chi connectivity index (χ0) is 17.6. The minimum absolute atomic E-state index is 0.176. The van der Waals surface area contributed by atoms with Crippen LogP contribution in [-0.4, -0.2) is 51.8 Å². The third kappa shape index (κ3) is 2.74. The molecule has 0 saturated carbocycles. The van der Waals surface area contributed by atoms with E-state index >= 15 is 0 Å². The number of piperidine rings is 1. The first-order valence-electron chi connectivity index (χ1n) is 7.99. The number of aromatic amines is 1. The molecule has 1 amide bonds. The number of amides is 1. The molecule has 0 aliphatic carbocycles. The predicted octanol–water partition coefficient (Wildman–Crippen LogP) is 2.53. The Morgan fingerprint density at radius 1 is 1.40 bits per heavy atom. The molecule has 0 radical (unpaired) electrons. The molecule has 0 atom stereocenters. The van der Waals surface area contributed by atoms with Crippen LogP contribution in [0.3, 0.4) is 0 Å². The second-order valence-corrected chi connectivity index (χ2v) is 7.77. The average Bonchev–Trinajstić information content (AvgIpc) is 3.22. The summed E-state index contributed by atoms with van der Waals surface area (Å²) in [6.45, 7) is 1.62. The molecule has 7 nitrogen and oxygen atoms in total. The number of aromatic carboxylic acids is 1. The molecular formula is C16H16ClN3O4S. The molecule has 1 spiro atoms. The largest absolute Gasteiger partial charge is 0.477 e. The molecule has 2 aliphatic rings. The van der Waals surface area contributed by atoms with E-state index in [0.717, 1.165) is 16.9 Å². The summed E-state index contributed by atoms with van der Waals surface area (Å²) in [5.41, 5.74) is 0.784. The van der Waals surface area contributed by atoms with E-state index in [4.69, 9.17) is 16.3 Å². The number of hydrogen-bond acceptors (Lipinski definition) is 5. The number of nitrogens with one attached hydrogen (secondary N) is 1. The molecule has 0 bridgehead atoms. The number of hydrogen-bond donors (Lipinski definition) is 2. The van der Waals surface area contributed by atoms with Crippen LogP contribution in [0, 0.1) is 0 Å². The smallest absolute Gasteiger partial charge is 0.345 e. The molecular weight excluding hydrogens is 366 g/mol. The number of ether oxygens (including phenoxy) is 1. The van der Waals surface area contributed by atoms with E-state index in [2.05, 4.69) is 10.2 Å². The van der Waals surface area contributed by atoms with Gasteiger partial charge in [-0.1, -0.05) is 11.6 Å². The average molecular weight is 382 g/mol. The highest BCUT2D eigenvalue weighted by Crippen LogP contribution is 2.44. The summed E-state index contributed by atoms with van der Waals surface area (Å²) in [4.78, 5) is 27.0. The van der Waals surface area contributed by atoms with Crippen molar-refractivity contribution in [3.05, 3.63) is 38.3 Å². The van der Waals surface area contributed by atoms with Crippen molar-refractivity contribution in [3.8, 4) is 0 Å². The number of aromatic nitrogens is 2. The minimum Gasteiger partial charge on any atom is -0.477 e. The lowest BCUT2D eigenvalue weighted by Crippen LogP contribution is -2.48. The molecule has 0 aromatic carbocycles. The van der Waals surface area contributed by atoms with Gasteiger partial charge in [-0.3, -0.25) is 9.89 Å². The number of thiophene rings is 1. The van der Waals surface area contributed by atoms with Gasteiger partial charge in [-0.25, -0.2) is 4.79 Å². The highest BCUT2D eigenvalue weighted by atomic mass is 35.5. The monoisotopic (exact) mass is 381 g/mol. The number of nitrogens with zero attached hydrogens (tertiary/aromatic N) is 2. The summed E-state index contributed by atoms with van der Waals surface area (Å²) in [6, 6.07) is 1.74. The van der Waals surface area contributed by atoms with Crippen LogP contribution in [0.25, 0.3) is 0 Å². The highest BCUT2D eigenvalue weighted by Gasteiger charge is 2.43. The second kappa shape index (κ2) is 6.12. The third-order valence-electron chi connectivity index (χ3n) is 4.88. The first-order chi connectivity index (χ1) is 12.0. The molecule has 132 valence electrons. The first kappa shape index (κ1) is 16.6. The Morgan fingerprint density at radius 2 is 2.16 bits per heavy atom. The van der Waals surface area contributed by atoms with Gasteiger partial charge in [0.15, 0.2) is 0 Å². The van der Waals surface area contributed by atoms with E-state index in [0.29, 0.717) is 48.1 Å². The standard InChI is InChI=1S/C16H16ClN3O4S/c17-10-8-18-19-13(10)14(21)20-4-2-16(3-5-20)9-7-12(15(22)23)25-11(9)1-6-24-16/h7-8H,1-6H2,(H,18,19)(H,22,23). The summed E-state index contributed by atoms with van der Waals surface area (Å²) >= 11 is 7.30. The Bertz CT molecular complexity index is 838. The van der Waals surface area contributed by atoms with Crippen molar-refractivity contribution in [2.45, 2.75) is 24.9 Å². The van der Waals surface area contributed by atoms with E-state index in [9.17, 15) is 14.7 Å². The topological polar surface area (TPSA) is 95.5 Å². The van der Waals surface area contributed by atoms with Crippen molar-refractivity contribution in [2.24, 2.45) is 0 Å². The Balaban J connectivity index is 1.55. The number of carboxylic acids is 1. The van der Waals surface area contributed by atoms with Gasteiger partial charge in [0.05, 0.1) is 23.4 Å². The van der Waals surface area contributed by atoms with Crippen LogP contribution in [0.1, 0.15) is 43.4 Å². The molecule has 2 aliphatic heterocycles. The van der Waals surface area contributed by atoms with Crippen LogP contribution in [0.4, 0.5) is 0 Å². The number of carboxylic acid groups (broad SMARTS) is 1. The van der Waals surface area contributed by atoms with Crippen molar-refractivity contribution >= 4 is 34.8 Å². The van der Waals surface area contributed by atoms with Crippen molar-refractivity contribution in [2.75, 3.05) is 19.7 Å². The maximum Gasteiger partial charge on any atom is 0.345 e. The molecule has 1 saturated heterocycles. The minimum atomic E-state index is -0.906. The van der Waals surface area contributed by atoms with Gasteiger partial charge in [-0.15, -0.1) is 11.3 Å². The number of halogens is 1. The summed E-state index contributed by atoms with van der Waals surface area (Å²) in [5.74, 6) is -1.08. The van der Waals surface area contributed by atoms with Gasteiger partial charge in [-0.05, 0) is 24.5 Å². The molecule has 2 aromatic heterocycles. The first-order valence-corrected chi connectivity index (χ1v) is 9.18. The summed E-state index contributed by atoms with van der Waals surface area (Å²) < 4.78 is 6.10. The van der Waals surface area contributed by atoms with Crippen molar-refractivity contribution < 1.29 is 19.4 Å². The number of rotatable bonds is 2. The normalized spacial score (nSPS) is 19.0. The number of fused-ring (bicyclic) bond motifs is 2. The quantitative estimate of drug-likeness (QED) is 0.833. The van der Waals surface area contributed by atoms with E-state index in [-0.39, 0.29) is 5.91 Å². The Labute approximate surface area is 152 Å². The van der Waals surface area contributed by atoms with Gasteiger partial charge in [0.25, 0.3) is 5.91 Å². The maximum absolute atomic E-state index is 12.5. The zero-order valence-electron chi connectivity index (χ0n) is 13.2. The van der Waals surface area contributed by atoms with Gasteiger partial charge >= 0.3 is 5.97 Å². The lowest BCUT2D eigenvalue weighted by Gasteiger charge is -2.44. The number of carbonyl (C=O) groups is 2. The highest BCUT2D eigenvalue weighted by molar-refractivity contribution is 7.14. The van der Waals surface area contributed by atoms with Crippen molar-refractivity contribution in [1.29, 1.82) is 0 Å². The third-order valence-corrected chi connectivity index (χ3v) is 6.35. The lowest BCUT2D eigenvalue weighted by molar-refractivity contribution is -0.0926. The molecule has 4 rings (SSSR count). The van der Waals surface area contributed by atoms with Gasteiger partial charge in [-0.2, -0.15) is 5.10 Å². The molecule has 9 heteroatoms. The molecule has 1 fully saturated rings. The van der Waals surface area contributed by atoms with Crippen LogP contribution < -0.4 is 0 Å². The van der Waals surface area contributed by atoms with Gasteiger partial charge < -0.3 is 14.7 Å². The second-order valence-electron chi connectivity index (χ2n) is 6.23. The zero-order valence-corrected chi connectivity index (χ0v) is 14.8. The summed E-state index contributed by atoms with van der Waals surface area (Å²) in [7, 11) is 0. The summed E-state index contributed by atoms with van der Waals surface area (Å²) in [6.07, 6.45) is 3.41. The fourth-order valence-electron chi connectivity index (χ4n) is 3.59. The van der Waals surface area contributed by atoms with E-state index in [1.807, 2.05) is 0 Å². The lowest BCUT2D eigenvalue weighted by atomic mass is 9.82. The molecule has 2 aromatic rings.